The minimum atomic E-state index is -3.81. The molecule has 1 aliphatic rings. The number of hydrogen-bond acceptors (Lipinski definition) is 5. The van der Waals surface area contributed by atoms with E-state index in [4.69, 9.17) is 22.1 Å². The van der Waals surface area contributed by atoms with Gasteiger partial charge in [-0.25, -0.2) is 13.2 Å². The third-order valence-electron chi connectivity index (χ3n) is 3.75. The number of nitrogens with two attached hydrogens (primary N) is 1. The normalized spacial score (nSPS) is 19.0. The molecular weight excluding hydrogens is 356 g/mol. The fourth-order valence-electron chi connectivity index (χ4n) is 2.55. The highest BCUT2D eigenvalue weighted by molar-refractivity contribution is 7.89. The van der Waals surface area contributed by atoms with Crippen molar-refractivity contribution in [3.05, 3.63) is 28.8 Å². The minimum absolute atomic E-state index is 0.00992. The van der Waals surface area contributed by atoms with Gasteiger partial charge in [0.1, 0.15) is 4.90 Å². The van der Waals surface area contributed by atoms with Crippen molar-refractivity contribution in [3.8, 4) is 0 Å². The molecule has 0 unspecified atom stereocenters. The van der Waals surface area contributed by atoms with Gasteiger partial charge in [0.25, 0.3) is 5.91 Å². The Balaban J connectivity index is 2.30. The number of piperidine rings is 1. The van der Waals surface area contributed by atoms with Gasteiger partial charge in [-0.2, -0.15) is 4.31 Å². The smallest absolute Gasteiger partial charge is 0.338 e. The van der Waals surface area contributed by atoms with E-state index in [1.54, 1.807) is 0 Å². The Labute approximate surface area is 145 Å². The summed E-state index contributed by atoms with van der Waals surface area (Å²) in [6, 6.07) is 3.83. The molecule has 2 N–H and O–H groups in total. The first-order chi connectivity index (χ1) is 11.2. The predicted octanol–water partition coefficient (Wildman–Crippen LogP) is 1.40. The number of primary amides is 1. The molecule has 0 aromatic heterocycles. The molecular formula is C15H19ClN2O5S. The van der Waals surface area contributed by atoms with E-state index in [1.807, 2.05) is 6.92 Å². The van der Waals surface area contributed by atoms with Crippen LogP contribution in [-0.2, 0) is 19.6 Å². The van der Waals surface area contributed by atoms with Gasteiger partial charge in [-0.1, -0.05) is 18.5 Å². The van der Waals surface area contributed by atoms with Crippen LogP contribution in [0.15, 0.2) is 23.1 Å². The predicted molar refractivity (Wildman–Crippen MR) is 88.1 cm³/mol. The lowest BCUT2D eigenvalue weighted by atomic mass is 10.0. The van der Waals surface area contributed by atoms with Gasteiger partial charge in [-0.05, 0) is 37.0 Å². The third kappa shape index (κ3) is 4.25. The Morgan fingerprint density at radius 3 is 2.75 bits per heavy atom. The van der Waals surface area contributed by atoms with Crippen molar-refractivity contribution in [1.82, 2.24) is 4.31 Å². The molecule has 1 aromatic rings. The highest BCUT2D eigenvalue weighted by Gasteiger charge is 2.31. The molecule has 9 heteroatoms. The fourth-order valence-corrected chi connectivity index (χ4v) is 4.65. The number of carbonyl (C=O) groups excluding carboxylic acids is 2. The lowest BCUT2D eigenvalue weighted by Crippen LogP contribution is -2.39. The molecule has 0 aliphatic carbocycles. The van der Waals surface area contributed by atoms with Crippen molar-refractivity contribution in [2.45, 2.75) is 24.7 Å². The molecule has 1 heterocycles. The van der Waals surface area contributed by atoms with Gasteiger partial charge < -0.3 is 10.5 Å². The summed E-state index contributed by atoms with van der Waals surface area (Å²) in [6.07, 6.45) is 1.75. The van der Waals surface area contributed by atoms with E-state index >= 15 is 0 Å². The summed E-state index contributed by atoms with van der Waals surface area (Å²) in [6.45, 7) is 2.24. The average Bonchev–Trinajstić information content (AvgIpc) is 2.52. The van der Waals surface area contributed by atoms with Crippen LogP contribution >= 0.6 is 11.6 Å². The second-order valence-corrected chi connectivity index (χ2v) is 8.11. The summed E-state index contributed by atoms with van der Waals surface area (Å²) in [7, 11) is -3.81. The quantitative estimate of drug-likeness (QED) is 0.784. The fraction of sp³-hybridized carbons (Fsp3) is 0.467. The van der Waals surface area contributed by atoms with Crippen LogP contribution in [0.1, 0.15) is 30.1 Å². The molecule has 1 fully saturated rings. The van der Waals surface area contributed by atoms with Gasteiger partial charge in [0, 0.05) is 13.1 Å². The summed E-state index contributed by atoms with van der Waals surface area (Å²) in [5, 5.41) is 0.0275. The molecule has 1 aliphatic heterocycles. The Bertz CT molecular complexity index is 750. The SMILES string of the molecule is C[C@@H]1CCCN(S(=O)(=O)c2cc(C(=O)OCC(N)=O)ccc2Cl)C1. The third-order valence-corrected chi connectivity index (χ3v) is 6.10. The average molecular weight is 375 g/mol. The van der Waals surface area contributed by atoms with Crippen molar-refractivity contribution in [3.63, 3.8) is 0 Å². The lowest BCUT2D eigenvalue weighted by molar-refractivity contribution is -0.121. The van der Waals surface area contributed by atoms with Gasteiger partial charge in [-0.3, -0.25) is 4.79 Å². The van der Waals surface area contributed by atoms with Crippen LogP contribution in [-0.4, -0.2) is 44.3 Å². The zero-order valence-corrected chi connectivity index (χ0v) is 14.8. The molecule has 7 nitrogen and oxygen atoms in total. The number of esters is 1. The standard InChI is InChI=1S/C15H19ClN2O5S/c1-10-3-2-6-18(8-10)24(21,22)13-7-11(4-5-12(13)16)15(20)23-9-14(17)19/h4-5,7,10H,2-3,6,8-9H2,1H3,(H2,17,19)/t10-/m1/s1. The van der Waals surface area contributed by atoms with Crippen LogP contribution in [0.25, 0.3) is 0 Å². The maximum absolute atomic E-state index is 12.8. The number of sulfonamides is 1. The molecule has 1 saturated heterocycles. The molecule has 0 saturated carbocycles. The molecule has 0 bridgehead atoms. The number of carbonyl (C=O) groups is 2. The number of rotatable bonds is 5. The second kappa shape index (κ2) is 7.50. The van der Waals surface area contributed by atoms with Crippen LogP contribution in [0.3, 0.4) is 0 Å². The van der Waals surface area contributed by atoms with E-state index in [1.165, 1.54) is 22.5 Å². The second-order valence-electron chi connectivity index (χ2n) is 5.80. The first kappa shape index (κ1) is 18.7. The van der Waals surface area contributed by atoms with Gasteiger partial charge in [0.2, 0.25) is 10.0 Å². The van der Waals surface area contributed by atoms with Crippen molar-refractivity contribution >= 4 is 33.5 Å². The van der Waals surface area contributed by atoms with Gasteiger partial charge >= 0.3 is 5.97 Å². The van der Waals surface area contributed by atoms with Crippen molar-refractivity contribution in [1.29, 1.82) is 0 Å². The number of ether oxygens (including phenoxy) is 1. The molecule has 0 radical (unpaired) electrons. The number of nitrogens with zero attached hydrogens (tertiary/aromatic N) is 1. The zero-order chi connectivity index (χ0) is 17.9. The van der Waals surface area contributed by atoms with Crippen LogP contribution in [0, 0.1) is 5.92 Å². The van der Waals surface area contributed by atoms with Crippen LogP contribution < -0.4 is 5.73 Å². The molecule has 2 rings (SSSR count). The first-order valence-corrected chi connectivity index (χ1v) is 9.28. The van der Waals surface area contributed by atoms with E-state index in [9.17, 15) is 18.0 Å². The summed E-state index contributed by atoms with van der Waals surface area (Å²) in [5.74, 6) is -1.38. The van der Waals surface area contributed by atoms with Crippen LogP contribution in [0.4, 0.5) is 0 Å². The van der Waals surface area contributed by atoms with E-state index in [-0.39, 0.29) is 21.4 Å². The number of hydrogen-bond donors (Lipinski definition) is 1. The minimum Gasteiger partial charge on any atom is -0.452 e. The summed E-state index contributed by atoms with van der Waals surface area (Å²) in [5.41, 5.74) is 4.90. The molecule has 132 valence electrons. The first-order valence-electron chi connectivity index (χ1n) is 7.47. The van der Waals surface area contributed by atoms with Crippen molar-refractivity contribution in [2.75, 3.05) is 19.7 Å². The highest BCUT2D eigenvalue weighted by Crippen LogP contribution is 2.29. The molecule has 1 amide bonds. The number of halogens is 1. The monoisotopic (exact) mass is 374 g/mol. The zero-order valence-electron chi connectivity index (χ0n) is 13.2. The Morgan fingerprint density at radius 1 is 1.42 bits per heavy atom. The van der Waals surface area contributed by atoms with Gasteiger partial charge in [0.15, 0.2) is 6.61 Å². The largest absolute Gasteiger partial charge is 0.452 e. The van der Waals surface area contributed by atoms with E-state index < -0.39 is 28.5 Å². The maximum Gasteiger partial charge on any atom is 0.338 e. The lowest BCUT2D eigenvalue weighted by Gasteiger charge is -2.30. The van der Waals surface area contributed by atoms with Gasteiger partial charge in [0.05, 0.1) is 10.6 Å². The van der Waals surface area contributed by atoms with Crippen molar-refractivity contribution in [2.24, 2.45) is 11.7 Å². The Kier molecular flexibility index (Phi) is 5.84. The van der Waals surface area contributed by atoms with E-state index in [2.05, 4.69) is 0 Å². The molecule has 1 aromatic carbocycles. The number of amides is 1. The Hall–Kier alpha value is -1.64. The van der Waals surface area contributed by atoms with Crippen molar-refractivity contribution < 1.29 is 22.7 Å². The Morgan fingerprint density at radius 2 is 2.12 bits per heavy atom. The van der Waals surface area contributed by atoms with Gasteiger partial charge in [-0.15, -0.1) is 0 Å². The summed E-state index contributed by atoms with van der Waals surface area (Å²) >= 11 is 6.04. The number of benzene rings is 1. The van der Waals surface area contributed by atoms with Crippen LogP contribution in [0.2, 0.25) is 5.02 Å². The van der Waals surface area contributed by atoms with Crippen LogP contribution in [0.5, 0.6) is 0 Å². The van der Waals surface area contributed by atoms with E-state index in [0.29, 0.717) is 13.1 Å². The maximum atomic E-state index is 12.8. The molecule has 0 spiro atoms. The molecule has 1 atom stereocenters. The molecule has 24 heavy (non-hydrogen) atoms. The topological polar surface area (TPSA) is 107 Å². The summed E-state index contributed by atoms with van der Waals surface area (Å²) in [4.78, 5) is 22.4. The summed E-state index contributed by atoms with van der Waals surface area (Å²) < 4.78 is 31.7. The van der Waals surface area contributed by atoms with E-state index in [0.717, 1.165) is 12.8 Å². The highest BCUT2D eigenvalue weighted by atomic mass is 35.5.